The van der Waals surface area contributed by atoms with Crippen LogP contribution in [-0.2, 0) is 69.7 Å². The predicted octanol–water partition coefficient (Wildman–Crippen LogP) is 13.8. The maximum absolute atomic E-state index is 13.0. The van der Waals surface area contributed by atoms with Crippen molar-refractivity contribution < 1.29 is 19.1 Å². The van der Waals surface area contributed by atoms with Crippen LogP contribution in [0, 0.1) is 0 Å². The largest absolute Gasteiger partial charge is 0.443 e. The second-order valence-electron chi connectivity index (χ2n) is 33.6. The van der Waals surface area contributed by atoms with Crippen molar-refractivity contribution in [1.82, 2.24) is 29.9 Å². The average molecular weight is 1410 g/mol. The summed E-state index contributed by atoms with van der Waals surface area (Å²) in [7, 11) is 2.20. The fraction of sp³-hybridized carbons (Fsp3) is 0.548. The molecule has 7 aliphatic heterocycles. The number of fused-ring (bicyclic) bond motifs is 11. The molecule has 18 rings (SSSR count). The van der Waals surface area contributed by atoms with Crippen molar-refractivity contribution >= 4 is 52.8 Å². The molecule has 0 atom stereocenters. The predicted molar refractivity (Wildman–Crippen MR) is 413 cm³/mol. The summed E-state index contributed by atoms with van der Waals surface area (Å²) in [6.45, 7) is 20.3. The highest BCUT2D eigenvalue weighted by Gasteiger charge is 2.50. The molecular weight excluding hydrogens is 1300 g/mol. The molecule has 20 nitrogen and oxygen atoms in total. The van der Waals surface area contributed by atoms with Crippen LogP contribution in [0.3, 0.4) is 0 Å². The number of likely N-dealkylation sites (N-methyl/N-ethyl adjacent to an activating group) is 1. The third kappa shape index (κ3) is 14.0. The van der Waals surface area contributed by atoms with Crippen LogP contribution in [0.2, 0.25) is 0 Å². The number of anilines is 7. The highest BCUT2D eigenvalue weighted by atomic mass is 16.6. The Labute approximate surface area is 612 Å². The molecule has 0 unspecified atom stereocenters. The van der Waals surface area contributed by atoms with Crippen molar-refractivity contribution in [2.45, 2.75) is 222 Å². The van der Waals surface area contributed by atoms with Gasteiger partial charge in [-0.2, -0.15) is 0 Å². The Hall–Kier alpha value is -8.94. The van der Waals surface area contributed by atoms with Gasteiger partial charge in [-0.3, -0.25) is 39.1 Å². The van der Waals surface area contributed by atoms with Gasteiger partial charge in [0.2, 0.25) is 17.8 Å². The van der Waals surface area contributed by atoms with Gasteiger partial charge in [0.15, 0.2) is 0 Å². The van der Waals surface area contributed by atoms with Crippen LogP contribution in [0.25, 0.3) is 0 Å². The van der Waals surface area contributed by atoms with Crippen LogP contribution in [0.4, 0.5) is 50.2 Å². The zero-order valence-electron chi connectivity index (χ0n) is 62.5. The molecule has 2 amide bonds. The van der Waals surface area contributed by atoms with Gasteiger partial charge in [0, 0.05) is 122 Å². The number of aromatic nitrogens is 6. The Morgan fingerprint density at radius 1 is 0.394 bits per heavy atom. The number of para-hydroxylation sites is 4. The first-order chi connectivity index (χ1) is 50.1. The number of carbonyl (C=O) groups is 2. The number of aryl methyl sites for hydroxylation is 3. The van der Waals surface area contributed by atoms with E-state index in [1.807, 2.05) is 70.7 Å². The number of nitrogens with one attached hydrogen (secondary N) is 4. The Balaban J connectivity index is 0.000000113. The van der Waals surface area contributed by atoms with E-state index in [0.29, 0.717) is 12.5 Å². The number of benzene rings is 4. The highest BCUT2D eigenvalue weighted by Crippen LogP contribution is 2.52. The third-order valence-corrected chi connectivity index (χ3v) is 24.6. The second-order valence-corrected chi connectivity index (χ2v) is 33.6. The number of hydrogen-bond acceptors (Lipinski definition) is 15. The highest BCUT2D eigenvalue weighted by molar-refractivity contribution is 5.92. The van der Waals surface area contributed by atoms with Crippen LogP contribution < -0.4 is 51.4 Å². The molecular formula is C84H107N13O7. The number of aromatic amines is 3. The van der Waals surface area contributed by atoms with E-state index in [1.54, 1.807) is 4.90 Å². The molecule has 1 saturated carbocycles. The van der Waals surface area contributed by atoms with E-state index < -0.39 is 11.2 Å². The Kier molecular flexibility index (Phi) is 19.4. The molecule has 4 N–H and O–H groups in total. The monoisotopic (exact) mass is 1410 g/mol. The second kappa shape index (κ2) is 28.5. The van der Waals surface area contributed by atoms with Gasteiger partial charge in [0.05, 0.1) is 28.5 Å². The van der Waals surface area contributed by atoms with Gasteiger partial charge in [-0.1, -0.05) is 92.1 Å². The van der Waals surface area contributed by atoms with E-state index in [4.69, 9.17) is 24.4 Å². The smallest absolute Gasteiger partial charge is 0.414 e. The van der Waals surface area contributed by atoms with Crippen molar-refractivity contribution in [2.24, 2.45) is 0 Å². The third-order valence-electron chi connectivity index (χ3n) is 24.6. The quantitative estimate of drug-likeness (QED) is 0.129. The van der Waals surface area contributed by atoms with Crippen LogP contribution in [0.1, 0.15) is 207 Å². The lowest BCUT2D eigenvalue weighted by Gasteiger charge is -2.40. The number of rotatable bonds is 3. The molecule has 4 aliphatic carbocycles. The summed E-state index contributed by atoms with van der Waals surface area (Å²) in [5.41, 5.74) is 15.6. The van der Waals surface area contributed by atoms with Gasteiger partial charge >= 0.3 is 12.2 Å². The molecule has 4 spiro atoms. The fourth-order valence-corrected chi connectivity index (χ4v) is 19.2. The Morgan fingerprint density at radius 2 is 0.731 bits per heavy atom. The molecule has 3 saturated heterocycles. The lowest BCUT2D eigenvalue weighted by atomic mass is 9.71. The van der Waals surface area contributed by atoms with Crippen LogP contribution in [-0.4, -0.2) is 126 Å². The fourth-order valence-electron chi connectivity index (χ4n) is 19.2. The lowest BCUT2D eigenvalue weighted by molar-refractivity contribution is 0.0565. The minimum absolute atomic E-state index is 0.0206. The van der Waals surface area contributed by atoms with E-state index >= 15 is 0 Å². The molecule has 7 aromatic rings. The van der Waals surface area contributed by atoms with Crippen molar-refractivity contribution in [3.05, 3.63) is 184 Å². The molecule has 10 heterocycles. The topological polar surface area (TPSA) is 221 Å². The van der Waals surface area contributed by atoms with Gasteiger partial charge in [-0.05, 0) is 216 Å². The van der Waals surface area contributed by atoms with Crippen LogP contribution in [0.5, 0.6) is 0 Å². The molecule has 4 aromatic carbocycles. The number of nitrogens with zero attached hydrogens (tertiary/aromatic N) is 9. The van der Waals surface area contributed by atoms with E-state index in [0.717, 1.165) is 232 Å². The minimum Gasteiger partial charge on any atom is -0.443 e. The molecule has 104 heavy (non-hydrogen) atoms. The molecule has 550 valence electrons. The average Bonchev–Trinajstić information content (AvgIpc) is 1.59. The van der Waals surface area contributed by atoms with Crippen LogP contribution in [0.15, 0.2) is 111 Å². The van der Waals surface area contributed by atoms with Gasteiger partial charge in [-0.15, -0.1) is 0 Å². The van der Waals surface area contributed by atoms with E-state index in [1.165, 1.54) is 65.7 Å². The molecule has 20 heteroatoms. The maximum Gasteiger partial charge on any atom is 0.414 e. The zero-order valence-corrected chi connectivity index (χ0v) is 62.5. The van der Waals surface area contributed by atoms with Gasteiger partial charge in [0.1, 0.15) is 11.2 Å². The SMILES string of the molecule is CC(C)(C)OC(=O)N1CC2(CCCCC2)c2ccccc21.CC(C)(C)OC(=O)N1CC2(CCN(c3nc4c(c(=O)[nH]3)CCCC4)CC2)c2ccccc21.CN1CC2(CCN(c3nc4c(c(=O)[nH]3)CCCC4)CC2)c2ccccc21.O=c1[nH]c(N2CCC3(CC2)CNc2ccccc23)nc2c1CCCC2. The number of ether oxygens (including phenoxy) is 2. The van der Waals surface area contributed by atoms with E-state index in [-0.39, 0.29) is 50.5 Å². The van der Waals surface area contributed by atoms with E-state index in [2.05, 4.69) is 120 Å². The number of amides is 2. The number of carbonyl (C=O) groups excluding carboxylic acids is 2. The first kappa shape index (κ1) is 70.7. The van der Waals surface area contributed by atoms with Crippen molar-refractivity contribution in [3.63, 3.8) is 0 Å². The summed E-state index contributed by atoms with van der Waals surface area (Å²) >= 11 is 0. The van der Waals surface area contributed by atoms with Crippen molar-refractivity contribution in [2.75, 3.05) is 107 Å². The van der Waals surface area contributed by atoms with Gasteiger partial charge in [-0.25, -0.2) is 24.5 Å². The zero-order chi connectivity index (χ0) is 72.2. The molecule has 0 radical (unpaired) electrons. The summed E-state index contributed by atoms with van der Waals surface area (Å²) in [5.74, 6) is 2.26. The molecule has 0 bridgehead atoms. The summed E-state index contributed by atoms with van der Waals surface area (Å²) < 4.78 is 11.3. The molecule has 11 aliphatic rings. The minimum atomic E-state index is -0.533. The standard InChI is InChI=1S/C25H32N4O3.C21H26N4O.C20H24N4O.C18H25NO2/c1-24(2,3)32-23(31)29-16-25(18-9-5-7-11-20(18)29)12-14-28(15-13-25)22-26-19-10-6-4-8-17(19)21(30)27-22;1-24-14-21(16-7-3-5-9-18(16)24)10-12-25(13-11-21)20-22-17-8-4-2-6-15(17)19(26)23-20;25-18-14-5-1-3-7-16(14)22-19(23-18)24-11-9-20(10-12-24)13-21-17-8-4-2-6-15(17)20;1-17(2,3)21-16(20)19-13-18(11-7-4-8-12-18)14-9-5-6-10-15(14)19/h5,7,9,11H,4,6,8,10,12-16H2,1-3H3,(H,26,27,30);3,5,7,9H,2,4,6,8,10-14H2,1H3,(H,22,23,26);2,4,6,8,21H,1,3,5,7,9-13H2,(H,22,23,25);5-6,9-10H,4,7-8,11-13H2,1-3H3. The number of hydrogen-bond donors (Lipinski definition) is 4. The van der Waals surface area contributed by atoms with Gasteiger partial charge < -0.3 is 34.4 Å². The van der Waals surface area contributed by atoms with Crippen molar-refractivity contribution in [3.8, 4) is 0 Å². The summed E-state index contributed by atoms with van der Waals surface area (Å²) in [4.78, 5) is 99.4. The normalized spacial score (nSPS) is 20.4. The summed E-state index contributed by atoms with van der Waals surface area (Å²) in [5, 5.41) is 3.57. The molecule has 3 aromatic heterocycles. The Bertz CT molecular complexity index is 4510. The van der Waals surface area contributed by atoms with Crippen LogP contribution >= 0.6 is 0 Å². The molecule has 4 fully saturated rings. The number of H-pyrrole nitrogens is 3. The summed E-state index contributed by atoms with van der Waals surface area (Å²) in [6, 6.07) is 34.1. The van der Waals surface area contributed by atoms with Crippen molar-refractivity contribution in [1.29, 1.82) is 0 Å². The first-order valence-corrected chi connectivity index (χ1v) is 39.0. The summed E-state index contributed by atoms with van der Waals surface area (Å²) in [6.07, 6.45) is 23.9. The maximum atomic E-state index is 13.0. The van der Waals surface area contributed by atoms with Gasteiger partial charge in [0.25, 0.3) is 16.7 Å². The first-order valence-electron chi connectivity index (χ1n) is 39.0. The number of piperidine rings is 3. The Morgan fingerprint density at radius 3 is 1.14 bits per heavy atom. The lowest BCUT2D eigenvalue weighted by Crippen LogP contribution is -2.47. The van der Waals surface area contributed by atoms with E-state index in [9.17, 15) is 24.0 Å².